The van der Waals surface area contributed by atoms with E-state index in [9.17, 15) is 14.4 Å². The molecule has 0 bridgehead atoms. The Bertz CT molecular complexity index is 1410. The molecule has 0 spiro atoms. The van der Waals surface area contributed by atoms with E-state index in [2.05, 4.69) is 0 Å². The molecule has 0 saturated carbocycles. The van der Waals surface area contributed by atoms with Crippen molar-refractivity contribution in [3.63, 3.8) is 0 Å². The standard InChI is InChI=1S/C25H19N3O4/c1-32-21-13-7-6-12-20(21)28-22(26-19-11-5-4-10-18(19)25(28)31)14-15-27-23(29)16-8-2-3-9-17(16)24(27)30/h2-13H,14-15H2,1H3. The van der Waals surface area contributed by atoms with Gasteiger partial charge >= 0.3 is 0 Å². The van der Waals surface area contributed by atoms with E-state index in [1.807, 2.05) is 18.2 Å². The van der Waals surface area contributed by atoms with Gasteiger partial charge in [0, 0.05) is 13.0 Å². The maximum absolute atomic E-state index is 13.4. The third-order valence-electron chi connectivity index (χ3n) is 5.61. The molecule has 7 nitrogen and oxygen atoms in total. The minimum atomic E-state index is -0.336. The molecule has 158 valence electrons. The Hall–Kier alpha value is -4.26. The third kappa shape index (κ3) is 3.06. The summed E-state index contributed by atoms with van der Waals surface area (Å²) in [5.74, 6) is 0.290. The second kappa shape index (κ2) is 7.77. The first-order valence-electron chi connectivity index (χ1n) is 10.2. The molecule has 4 aromatic rings. The molecule has 0 unspecified atom stereocenters. The first kappa shape index (κ1) is 19.7. The van der Waals surface area contributed by atoms with Crippen molar-refractivity contribution in [3.05, 3.63) is 100 Å². The number of nitrogens with zero attached hydrogens (tertiary/aromatic N) is 3. The van der Waals surface area contributed by atoms with Crippen LogP contribution in [0.3, 0.4) is 0 Å². The van der Waals surface area contributed by atoms with E-state index >= 15 is 0 Å². The summed E-state index contributed by atoms with van der Waals surface area (Å²) in [6, 6.07) is 21.0. The fourth-order valence-corrected chi connectivity index (χ4v) is 4.06. The van der Waals surface area contributed by atoms with Crippen LogP contribution in [0.25, 0.3) is 16.6 Å². The number of amides is 2. The highest BCUT2D eigenvalue weighted by atomic mass is 16.5. The predicted molar refractivity (Wildman–Crippen MR) is 119 cm³/mol. The van der Waals surface area contributed by atoms with E-state index < -0.39 is 0 Å². The Balaban J connectivity index is 1.59. The summed E-state index contributed by atoms with van der Waals surface area (Å²) in [6.07, 6.45) is 0.212. The summed E-state index contributed by atoms with van der Waals surface area (Å²) in [5.41, 5.74) is 1.66. The zero-order valence-electron chi connectivity index (χ0n) is 17.3. The van der Waals surface area contributed by atoms with Gasteiger partial charge in [-0.2, -0.15) is 0 Å². The number of carbonyl (C=O) groups excluding carboxylic acids is 2. The molecule has 3 aromatic carbocycles. The maximum atomic E-state index is 13.4. The number of hydrogen-bond donors (Lipinski definition) is 0. The fourth-order valence-electron chi connectivity index (χ4n) is 4.06. The molecule has 1 aliphatic rings. The molecule has 2 heterocycles. The quantitative estimate of drug-likeness (QED) is 0.459. The van der Waals surface area contributed by atoms with Crippen LogP contribution >= 0.6 is 0 Å². The maximum Gasteiger partial charge on any atom is 0.266 e. The van der Waals surface area contributed by atoms with Crippen molar-refractivity contribution in [1.29, 1.82) is 0 Å². The van der Waals surface area contributed by atoms with E-state index in [1.165, 1.54) is 16.6 Å². The SMILES string of the molecule is COc1ccccc1-n1c(CCN2C(=O)c3ccccc3C2=O)nc2ccccc2c1=O. The van der Waals surface area contributed by atoms with Gasteiger partial charge in [0.05, 0.1) is 34.8 Å². The number of imide groups is 1. The van der Waals surface area contributed by atoms with Gasteiger partial charge in [0.15, 0.2) is 0 Å². The summed E-state index contributed by atoms with van der Waals surface area (Å²) < 4.78 is 6.97. The van der Waals surface area contributed by atoms with E-state index in [0.717, 1.165) is 0 Å². The number of benzene rings is 3. The minimum Gasteiger partial charge on any atom is -0.495 e. The van der Waals surface area contributed by atoms with Gasteiger partial charge in [0.25, 0.3) is 17.4 Å². The Labute approximate surface area is 183 Å². The van der Waals surface area contributed by atoms with Crippen LogP contribution in [-0.2, 0) is 6.42 Å². The van der Waals surface area contributed by atoms with Crippen molar-refractivity contribution in [2.24, 2.45) is 0 Å². The largest absolute Gasteiger partial charge is 0.495 e. The molecule has 0 atom stereocenters. The van der Waals surface area contributed by atoms with Crippen LogP contribution in [0, 0.1) is 0 Å². The molecule has 1 aromatic heterocycles. The fraction of sp³-hybridized carbons (Fsp3) is 0.120. The van der Waals surface area contributed by atoms with Gasteiger partial charge in [0.1, 0.15) is 11.6 Å². The number of para-hydroxylation sites is 3. The Kier molecular flexibility index (Phi) is 4.78. The predicted octanol–water partition coefficient (Wildman–Crippen LogP) is 3.23. The second-order valence-electron chi connectivity index (χ2n) is 7.42. The smallest absolute Gasteiger partial charge is 0.266 e. The Morgan fingerprint density at radius 3 is 2.16 bits per heavy atom. The van der Waals surface area contributed by atoms with Gasteiger partial charge in [-0.05, 0) is 36.4 Å². The number of carbonyl (C=O) groups is 2. The number of ether oxygens (including phenoxy) is 1. The molecule has 0 aliphatic carbocycles. The third-order valence-corrected chi connectivity index (χ3v) is 5.61. The van der Waals surface area contributed by atoms with Gasteiger partial charge in [0.2, 0.25) is 0 Å². The first-order chi connectivity index (χ1) is 15.6. The van der Waals surface area contributed by atoms with Gasteiger partial charge in [-0.15, -0.1) is 0 Å². The number of methoxy groups -OCH3 is 1. The van der Waals surface area contributed by atoms with Crippen molar-refractivity contribution >= 4 is 22.7 Å². The zero-order chi connectivity index (χ0) is 22.2. The molecule has 2 amide bonds. The van der Waals surface area contributed by atoms with Crippen LogP contribution in [0.5, 0.6) is 5.75 Å². The number of aromatic nitrogens is 2. The van der Waals surface area contributed by atoms with Gasteiger partial charge in [-0.1, -0.05) is 36.4 Å². The van der Waals surface area contributed by atoms with Crippen LogP contribution in [0.1, 0.15) is 26.5 Å². The molecule has 5 rings (SSSR count). The topological polar surface area (TPSA) is 81.5 Å². The lowest BCUT2D eigenvalue weighted by molar-refractivity contribution is 0.0655. The minimum absolute atomic E-state index is 0.103. The second-order valence-corrected chi connectivity index (χ2v) is 7.42. The molecular weight excluding hydrogens is 406 g/mol. The molecular formula is C25H19N3O4. The molecule has 0 N–H and O–H groups in total. The van der Waals surface area contributed by atoms with E-state index in [-0.39, 0.29) is 30.3 Å². The Morgan fingerprint density at radius 1 is 0.812 bits per heavy atom. The molecule has 0 saturated heterocycles. The summed E-state index contributed by atoms with van der Waals surface area (Å²) in [6.45, 7) is 0.103. The summed E-state index contributed by atoms with van der Waals surface area (Å²) >= 11 is 0. The first-order valence-corrected chi connectivity index (χ1v) is 10.2. The molecule has 0 radical (unpaired) electrons. The number of hydrogen-bond acceptors (Lipinski definition) is 5. The van der Waals surface area contributed by atoms with E-state index in [4.69, 9.17) is 9.72 Å². The average molecular weight is 425 g/mol. The molecule has 7 heteroatoms. The van der Waals surface area contributed by atoms with Gasteiger partial charge < -0.3 is 4.74 Å². The highest BCUT2D eigenvalue weighted by Gasteiger charge is 2.35. The van der Waals surface area contributed by atoms with Crippen LogP contribution in [0.2, 0.25) is 0 Å². The Morgan fingerprint density at radius 2 is 1.44 bits per heavy atom. The molecule has 0 fully saturated rings. The van der Waals surface area contributed by atoms with Gasteiger partial charge in [-0.25, -0.2) is 4.98 Å². The number of fused-ring (bicyclic) bond motifs is 2. The van der Waals surface area contributed by atoms with E-state index in [0.29, 0.717) is 39.3 Å². The lowest BCUT2D eigenvalue weighted by Gasteiger charge is -2.18. The summed E-state index contributed by atoms with van der Waals surface area (Å²) in [5, 5.41) is 0.475. The van der Waals surface area contributed by atoms with E-state index in [1.54, 1.807) is 54.6 Å². The zero-order valence-corrected chi connectivity index (χ0v) is 17.3. The highest BCUT2D eigenvalue weighted by Crippen LogP contribution is 2.25. The van der Waals surface area contributed by atoms with Crippen molar-refractivity contribution in [3.8, 4) is 11.4 Å². The lowest BCUT2D eigenvalue weighted by Crippen LogP contribution is -2.33. The number of rotatable bonds is 5. The summed E-state index contributed by atoms with van der Waals surface area (Å²) in [4.78, 5) is 44.9. The normalized spacial score (nSPS) is 13.0. The molecule has 1 aliphatic heterocycles. The average Bonchev–Trinajstić information content (AvgIpc) is 3.07. The van der Waals surface area contributed by atoms with Gasteiger partial charge in [-0.3, -0.25) is 23.9 Å². The van der Waals surface area contributed by atoms with Crippen LogP contribution < -0.4 is 10.3 Å². The monoisotopic (exact) mass is 425 g/mol. The van der Waals surface area contributed by atoms with Crippen LogP contribution in [-0.4, -0.2) is 39.9 Å². The van der Waals surface area contributed by atoms with Crippen molar-refractivity contribution in [1.82, 2.24) is 14.5 Å². The van der Waals surface area contributed by atoms with Crippen molar-refractivity contribution in [2.45, 2.75) is 6.42 Å². The summed E-state index contributed by atoms with van der Waals surface area (Å²) in [7, 11) is 1.54. The highest BCUT2D eigenvalue weighted by molar-refractivity contribution is 6.21. The van der Waals surface area contributed by atoms with Crippen molar-refractivity contribution < 1.29 is 14.3 Å². The van der Waals surface area contributed by atoms with Crippen molar-refractivity contribution in [2.75, 3.05) is 13.7 Å². The van der Waals surface area contributed by atoms with Crippen LogP contribution in [0.15, 0.2) is 77.6 Å². The lowest BCUT2D eigenvalue weighted by atomic mass is 10.1. The van der Waals surface area contributed by atoms with Crippen LogP contribution in [0.4, 0.5) is 0 Å². The molecule has 32 heavy (non-hydrogen) atoms.